The van der Waals surface area contributed by atoms with Crippen molar-refractivity contribution >= 4 is 11.9 Å². The summed E-state index contributed by atoms with van der Waals surface area (Å²) in [6.45, 7) is 5.86. The minimum atomic E-state index is -0.470. The van der Waals surface area contributed by atoms with Gasteiger partial charge in [0.15, 0.2) is 5.82 Å². The second kappa shape index (κ2) is 7.72. The minimum absolute atomic E-state index is 0.157. The Kier molecular flexibility index (Phi) is 5.94. The van der Waals surface area contributed by atoms with Gasteiger partial charge in [-0.3, -0.25) is 10.1 Å². The first kappa shape index (κ1) is 16.9. The Labute approximate surface area is 132 Å². The van der Waals surface area contributed by atoms with E-state index >= 15 is 0 Å². The van der Waals surface area contributed by atoms with Gasteiger partial charge in [-0.05, 0) is 19.8 Å². The molecule has 0 radical (unpaired) electrons. The van der Waals surface area contributed by atoms with Crippen molar-refractivity contribution in [2.45, 2.75) is 77.4 Å². The predicted molar refractivity (Wildman–Crippen MR) is 85.8 cm³/mol. The molecule has 22 heavy (non-hydrogen) atoms. The van der Waals surface area contributed by atoms with Crippen LogP contribution in [-0.4, -0.2) is 32.9 Å². The molecule has 1 fully saturated rings. The number of amides is 1. The third-order valence-electron chi connectivity index (χ3n) is 4.10. The molecule has 6 heteroatoms. The van der Waals surface area contributed by atoms with Gasteiger partial charge in [-0.25, -0.2) is 4.68 Å². The SMILES string of the molecule is CC(C)c1nc(NC(=O)[C@@H](C)OC2CCCCCC2)n(C)n1. The average molecular weight is 308 g/mol. The number of aromatic nitrogens is 3. The lowest BCUT2D eigenvalue weighted by atomic mass is 10.1. The van der Waals surface area contributed by atoms with Crippen LogP contribution >= 0.6 is 0 Å². The zero-order valence-electron chi connectivity index (χ0n) is 14.1. The second-order valence-corrected chi connectivity index (χ2v) is 6.45. The van der Waals surface area contributed by atoms with E-state index in [2.05, 4.69) is 15.4 Å². The molecule has 1 N–H and O–H groups in total. The summed E-state index contributed by atoms with van der Waals surface area (Å²) in [6.07, 6.45) is 6.78. The molecule has 1 aliphatic rings. The number of nitrogens with one attached hydrogen (secondary N) is 1. The van der Waals surface area contributed by atoms with Gasteiger partial charge in [0.1, 0.15) is 6.10 Å². The van der Waals surface area contributed by atoms with Gasteiger partial charge in [0, 0.05) is 13.0 Å². The van der Waals surface area contributed by atoms with E-state index in [9.17, 15) is 4.79 Å². The largest absolute Gasteiger partial charge is 0.365 e. The van der Waals surface area contributed by atoms with E-state index in [-0.39, 0.29) is 17.9 Å². The van der Waals surface area contributed by atoms with Gasteiger partial charge in [-0.1, -0.05) is 39.5 Å². The van der Waals surface area contributed by atoms with Crippen molar-refractivity contribution in [1.82, 2.24) is 14.8 Å². The quantitative estimate of drug-likeness (QED) is 0.849. The Morgan fingerprint density at radius 3 is 2.41 bits per heavy atom. The molecular weight excluding hydrogens is 280 g/mol. The first-order chi connectivity index (χ1) is 10.5. The monoisotopic (exact) mass is 308 g/mol. The van der Waals surface area contributed by atoms with E-state index in [1.54, 1.807) is 18.7 Å². The molecule has 1 saturated carbocycles. The number of carbonyl (C=O) groups is 1. The van der Waals surface area contributed by atoms with E-state index < -0.39 is 6.10 Å². The average Bonchev–Trinajstić information content (AvgIpc) is 2.68. The minimum Gasteiger partial charge on any atom is -0.365 e. The summed E-state index contributed by atoms with van der Waals surface area (Å²) < 4.78 is 7.53. The fourth-order valence-corrected chi connectivity index (χ4v) is 2.70. The lowest BCUT2D eigenvalue weighted by Crippen LogP contribution is -2.32. The number of hydrogen-bond donors (Lipinski definition) is 1. The maximum absolute atomic E-state index is 12.3. The maximum atomic E-state index is 12.3. The summed E-state index contributed by atoms with van der Waals surface area (Å²) in [4.78, 5) is 16.6. The van der Waals surface area contributed by atoms with Crippen molar-refractivity contribution in [3.8, 4) is 0 Å². The molecule has 0 aromatic carbocycles. The maximum Gasteiger partial charge on any atom is 0.255 e. The van der Waals surface area contributed by atoms with Crippen molar-refractivity contribution < 1.29 is 9.53 Å². The van der Waals surface area contributed by atoms with Crippen molar-refractivity contribution in [3.05, 3.63) is 5.82 Å². The van der Waals surface area contributed by atoms with Crippen molar-refractivity contribution in [1.29, 1.82) is 0 Å². The predicted octanol–water partition coefficient (Wildman–Crippen LogP) is 3.00. The number of carbonyl (C=O) groups excluding carboxylic acids is 1. The van der Waals surface area contributed by atoms with Gasteiger partial charge in [0.05, 0.1) is 6.10 Å². The van der Waals surface area contributed by atoms with E-state index in [4.69, 9.17) is 4.74 Å². The van der Waals surface area contributed by atoms with Crippen LogP contribution in [-0.2, 0) is 16.6 Å². The molecule has 0 bridgehead atoms. The molecule has 0 saturated heterocycles. The summed E-state index contributed by atoms with van der Waals surface area (Å²) in [5.74, 6) is 1.28. The van der Waals surface area contributed by atoms with Crippen LogP contribution in [0.1, 0.15) is 71.0 Å². The zero-order chi connectivity index (χ0) is 16.1. The first-order valence-electron chi connectivity index (χ1n) is 8.34. The summed E-state index contributed by atoms with van der Waals surface area (Å²) in [6, 6.07) is 0. The molecule has 0 aliphatic heterocycles. The highest BCUT2D eigenvalue weighted by molar-refractivity contribution is 5.92. The molecule has 0 unspecified atom stereocenters. The fourth-order valence-electron chi connectivity index (χ4n) is 2.70. The van der Waals surface area contributed by atoms with Crippen LogP contribution in [0.3, 0.4) is 0 Å². The molecular formula is C16H28N4O2. The van der Waals surface area contributed by atoms with Gasteiger partial charge in [-0.15, -0.1) is 0 Å². The van der Waals surface area contributed by atoms with Crippen molar-refractivity contribution in [2.75, 3.05) is 5.32 Å². The number of anilines is 1. The van der Waals surface area contributed by atoms with Crippen LogP contribution in [0.25, 0.3) is 0 Å². The Morgan fingerprint density at radius 1 is 1.23 bits per heavy atom. The summed E-state index contributed by atoms with van der Waals surface area (Å²) >= 11 is 0. The van der Waals surface area contributed by atoms with Gasteiger partial charge < -0.3 is 4.74 Å². The number of ether oxygens (including phenoxy) is 1. The van der Waals surface area contributed by atoms with Gasteiger partial charge >= 0.3 is 0 Å². The molecule has 1 aromatic heterocycles. The Balaban J connectivity index is 1.90. The Hall–Kier alpha value is -1.43. The molecule has 1 aliphatic carbocycles. The van der Waals surface area contributed by atoms with Gasteiger partial charge in [0.2, 0.25) is 5.95 Å². The van der Waals surface area contributed by atoms with Crippen molar-refractivity contribution in [3.63, 3.8) is 0 Å². The van der Waals surface area contributed by atoms with Crippen LogP contribution in [0.2, 0.25) is 0 Å². The number of hydrogen-bond acceptors (Lipinski definition) is 4. The zero-order valence-corrected chi connectivity index (χ0v) is 14.1. The van der Waals surface area contributed by atoms with E-state index in [0.29, 0.717) is 5.95 Å². The third kappa shape index (κ3) is 4.53. The summed E-state index contributed by atoms with van der Waals surface area (Å²) in [5, 5.41) is 7.12. The molecule has 1 aromatic rings. The molecule has 1 heterocycles. The lowest BCUT2D eigenvalue weighted by molar-refractivity contribution is -0.130. The first-order valence-corrected chi connectivity index (χ1v) is 8.34. The number of nitrogens with zero attached hydrogens (tertiary/aromatic N) is 3. The molecule has 1 amide bonds. The van der Waals surface area contributed by atoms with Crippen LogP contribution in [0.4, 0.5) is 5.95 Å². The normalized spacial score (nSPS) is 18.2. The van der Waals surface area contributed by atoms with Crippen LogP contribution in [0.5, 0.6) is 0 Å². The third-order valence-corrected chi connectivity index (χ3v) is 4.10. The molecule has 1 atom stereocenters. The topological polar surface area (TPSA) is 69.0 Å². The Bertz CT molecular complexity index is 490. The highest BCUT2D eigenvalue weighted by Gasteiger charge is 2.22. The van der Waals surface area contributed by atoms with Gasteiger partial charge in [-0.2, -0.15) is 10.1 Å². The molecule has 124 valence electrons. The van der Waals surface area contributed by atoms with E-state index in [0.717, 1.165) is 18.7 Å². The summed E-state index contributed by atoms with van der Waals surface area (Å²) in [7, 11) is 1.78. The fraction of sp³-hybridized carbons (Fsp3) is 0.812. The standard InChI is InChI=1S/C16H28N4O2/c1-11(2)14-17-16(20(4)19-14)18-15(21)12(3)22-13-9-7-5-6-8-10-13/h11-13H,5-10H2,1-4H3,(H,17,18,19,21)/t12-/m1/s1. The van der Waals surface area contributed by atoms with Gasteiger partial charge in [0.25, 0.3) is 5.91 Å². The lowest BCUT2D eigenvalue weighted by Gasteiger charge is -2.20. The highest BCUT2D eigenvalue weighted by Crippen LogP contribution is 2.21. The molecule has 6 nitrogen and oxygen atoms in total. The summed E-state index contributed by atoms with van der Waals surface area (Å²) in [5.41, 5.74) is 0. The number of rotatable bonds is 5. The van der Waals surface area contributed by atoms with E-state index in [1.807, 2.05) is 13.8 Å². The number of aryl methyl sites for hydroxylation is 1. The van der Waals surface area contributed by atoms with Crippen LogP contribution in [0.15, 0.2) is 0 Å². The molecule has 2 rings (SSSR count). The smallest absolute Gasteiger partial charge is 0.255 e. The van der Waals surface area contributed by atoms with Crippen LogP contribution < -0.4 is 5.32 Å². The van der Waals surface area contributed by atoms with Crippen molar-refractivity contribution in [2.24, 2.45) is 7.05 Å². The second-order valence-electron chi connectivity index (χ2n) is 6.45. The Morgan fingerprint density at radius 2 is 1.86 bits per heavy atom. The highest BCUT2D eigenvalue weighted by atomic mass is 16.5. The van der Waals surface area contributed by atoms with E-state index in [1.165, 1.54) is 25.7 Å². The van der Waals surface area contributed by atoms with Crippen LogP contribution in [0, 0.1) is 0 Å². The molecule has 0 spiro atoms.